The fourth-order valence-corrected chi connectivity index (χ4v) is 0.609. The summed E-state index contributed by atoms with van der Waals surface area (Å²) >= 11 is 0. The van der Waals surface area contributed by atoms with Gasteiger partial charge < -0.3 is 10.1 Å². The first-order valence-electron chi connectivity index (χ1n) is 3.39. The van der Waals surface area contributed by atoms with E-state index in [9.17, 15) is 0 Å². The summed E-state index contributed by atoms with van der Waals surface area (Å²) in [5.74, 6) is 0. The molecule has 0 spiro atoms. The minimum Gasteiger partial charge on any atom is -0.366 e. The second-order valence-electron chi connectivity index (χ2n) is 1.89. The van der Waals surface area contributed by atoms with E-state index in [1.807, 2.05) is 6.08 Å². The van der Waals surface area contributed by atoms with Crippen molar-refractivity contribution in [3.05, 3.63) is 24.4 Å². The first-order chi connectivity index (χ1) is 4.85. The molecule has 0 bridgehead atoms. The van der Waals surface area contributed by atoms with Gasteiger partial charge in [0.15, 0.2) is 0 Å². The molecule has 0 aliphatic carbocycles. The lowest BCUT2D eigenvalue weighted by atomic mass is 10.3. The van der Waals surface area contributed by atoms with Gasteiger partial charge in [-0.3, -0.25) is 0 Å². The van der Waals surface area contributed by atoms with Gasteiger partial charge in [0.05, 0.1) is 0 Å². The topological polar surface area (TPSA) is 21.3 Å². The van der Waals surface area contributed by atoms with Crippen LogP contribution in [0.3, 0.4) is 0 Å². The van der Waals surface area contributed by atoms with Crippen LogP contribution in [-0.2, 0) is 4.74 Å². The van der Waals surface area contributed by atoms with Gasteiger partial charge in [-0.05, 0) is 12.5 Å². The van der Waals surface area contributed by atoms with Gasteiger partial charge in [0.2, 0.25) is 0 Å². The Morgan fingerprint density at radius 1 is 1.70 bits per heavy atom. The van der Waals surface area contributed by atoms with E-state index in [-0.39, 0.29) is 0 Å². The van der Waals surface area contributed by atoms with Crippen molar-refractivity contribution in [2.75, 3.05) is 13.8 Å². The van der Waals surface area contributed by atoms with Gasteiger partial charge in [0.25, 0.3) is 0 Å². The second kappa shape index (κ2) is 6.36. The molecule has 0 aromatic rings. The first kappa shape index (κ1) is 9.24. The molecule has 2 heteroatoms. The van der Waals surface area contributed by atoms with E-state index < -0.39 is 0 Å². The van der Waals surface area contributed by atoms with Crippen molar-refractivity contribution >= 4 is 0 Å². The molecule has 1 N–H and O–H groups in total. The molecule has 0 heterocycles. The van der Waals surface area contributed by atoms with Crippen molar-refractivity contribution in [1.29, 1.82) is 0 Å². The molecular formula is C8H15NO. The summed E-state index contributed by atoms with van der Waals surface area (Å²) in [7, 11) is 1.66. The van der Waals surface area contributed by atoms with Gasteiger partial charge in [0.1, 0.15) is 6.73 Å². The normalized spacial score (nSPS) is 11.2. The predicted molar refractivity (Wildman–Crippen MR) is 43.6 cm³/mol. The maximum atomic E-state index is 4.83. The zero-order chi connectivity index (χ0) is 7.82. The van der Waals surface area contributed by atoms with Crippen LogP contribution in [0.5, 0.6) is 0 Å². The minimum absolute atomic E-state index is 0.563. The lowest BCUT2D eigenvalue weighted by Crippen LogP contribution is -2.15. The van der Waals surface area contributed by atoms with Crippen LogP contribution in [0.2, 0.25) is 0 Å². The zero-order valence-corrected chi connectivity index (χ0v) is 6.68. The Morgan fingerprint density at radius 2 is 2.40 bits per heavy atom. The van der Waals surface area contributed by atoms with E-state index in [2.05, 4.69) is 18.8 Å². The van der Waals surface area contributed by atoms with Gasteiger partial charge in [-0.15, -0.1) is 0 Å². The summed E-state index contributed by atoms with van der Waals surface area (Å²) < 4.78 is 4.83. The maximum absolute atomic E-state index is 4.83. The Balaban J connectivity index is 3.59. The lowest BCUT2D eigenvalue weighted by Gasteiger charge is -2.05. The van der Waals surface area contributed by atoms with E-state index in [0.717, 1.165) is 12.1 Å². The van der Waals surface area contributed by atoms with Gasteiger partial charge in [-0.25, -0.2) is 0 Å². The highest BCUT2D eigenvalue weighted by molar-refractivity contribution is 5.07. The van der Waals surface area contributed by atoms with Crippen LogP contribution in [0.25, 0.3) is 0 Å². The van der Waals surface area contributed by atoms with Crippen molar-refractivity contribution in [1.82, 2.24) is 5.32 Å². The Morgan fingerprint density at radius 3 is 2.80 bits per heavy atom. The molecule has 2 nitrogen and oxygen atoms in total. The number of nitrogens with one attached hydrogen (secondary N) is 1. The molecule has 10 heavy (non-hydrogen) atoms. The largest absolute Gasteiger partial charge is 0.366 e. The number of allylic oxidation sites excluding steroid dienone is 3. The fraction of sp³-hybridized carbons (Fsp3) is 0.500. The molecule has 58 valence electrons. The third kappa shape index (κ3) is 4.15. The molecule has 0 radical (unpaired) electrons. The van der Waals surface area contributed by atoms with Crippen LogP contribution in [0.1, 0.15) is 13.3 Å². The molecule has 0 rings (SSSR count). The highest BCUT2D eigenvalue weighted by Gasteiger charge is 1.87. The third-order valence-electron chi connectivity index (χ3n) is 1.14. The van der Waals surface area contributed by atoms with Crippen LogP contribution in [0.4, 0.5) is 0 Å². The standard InChI is InChI=1S/C8H15NO/c1-4-6-8(5-2)9-7-10-3/h4,6,9H,1,5,7H2,2-3H3/b8-6+. The van der Waals surface area contributed by atoms with Gasteiger partial charge in [-0.2, -0.15) is 0 Å². The minimum atomic E-state index is 0.563. The number of hydrogen-bond donors (Lipinski definition) is 1. The average Bonchev–Trinajstić information content (AvgIpc) is 1.98. The highest BCUT2D eigenvalue weighted by Crippen LogP contribution is 1.94. The van der Waals surface area contributed by atoms with Crippen LogP contribution < -0.4 is 5.32 Å². The number of ether oxygens (including phenoxy) is 1. The summed E-state index contributed by atoms with van der Waals surface area (Å²) in [5, 5.41) is 3.09. The monoisotopic (exact) mass is 141 g/mol. The van der Waals surface area contributed by atoms with Crippen molar-refractivity contribution in [3.8, 4) is 0 Å². The van der Waals surface area contributed by atoms with E-state index >= 15 is 0 Å². The third-order valence-corrected chi connectivity index (χ3v) is 1.14. The number of methoxy groups -OCH3 is 1. The summed E-state index contributed by atoms with van der Waals surface area (Å²) in [6, 6.07) is 0. The Bertz CT molecular complexity index is 118. The van der Waals surface area contributed by atoms with E-state index in [1.54, 1.807) is 13.2 Å². The molecular weight excluding hydrogens is 126 g/mol. The molecule has 0 aromatic heterocycles. The van der Waals surface area contributed by atoms with E-state index in [1.165, 1.54) is 0 Å². The van der Waals surface area contributed by atoms with Crippen molar-refractivity contribution in [2.45, 2.75) is 13.3 Å². The van der Waals surface area contributed by atoms with Gasteiger partial charge >= 0.3 is 0 Å². The molecule has 0 amide bonds. The SMILES string of the molecule is C=C/C=C(\CC)NCOC. The molecule has 0 atom stereocenters. The molecule has 0 aliphatic rings. The zero-order valence-electron chi connectivity index (χ0n) is 6.68. The molecule has 0 aromatic carbocycles. The van der Waals surface area contributed by atoms with Gasteiger partial charge in [-0.1, -0.05) is 19.6 Å². The van der Waals surface area contributed by atoms with E-state index in [4.69, 9.17) is 4.74 Å². The fourth-order valence-electron chi connectivity index (χ4n) is 0.609. The first-order valence-corrected chi connectivity index (χ1v) is 3.39. The molecule has 0 fully saturated rings. The average molecular weight is 141 g/mol. The van der Waals surface area contributed by atoms with Crippen LogP contribution in [-0.4, -0.2) is 13.8 Å². The Hall–Kier alpha value is -0.760. The van der Waals surface area contributed by atoms with E-state index in [0.29, 0.717) is 6.73 Å². The highest BCUT2D eigenvalue weighted by atomic mass is 16.5. The number of hydrogen-bond acceptors (Lipinski definition) is 2. The number of rotatable bonds is 5. The van der Waals surface area contributed by atoms with Crippen LogP contribution >= 0.6 is 0 Å². The maximum Gasteiger partial charge on any atom is 0.115 e. The predicted octanol–water partition coefficient (Wildman–Crippen LogP) is 1.66. The van der Waals surface area contributed by atoms with Crippen LogP contribution in [0.15, 0.2) is 24.4 Å². The quantitative estimate of drug-likeness (QED) is 0.464. The molecule has 0 saturated carbocycles. The second-order valence-corrected chi connectivity index (χ2v) is 1.89. The van der Waals surface area contributed by atoms with Crippen LogP contribution in [0, 0.1) is 0 Å². The Labute approximate surface area is 62.6 Å². The molecule has 0 saturated heterocycles. The summed E-state index contributed by atoms with van der Waals surface area (Å²) in [4.78, 5) is 0. The summed E-state index contributed by atoms with van der Waals surface area (Å²) in [6.45, 7) is 6.24. The summed E-state index contributed by atoms with van der Waals surface area (Å²) in [5.41, 5.74) is 1.15. The van der Waals surface area contributed by atoms with Crippen molar-refractivity contribution in [2.24, 2.45) is 0 Å². The molecule has 0 unspecified atom stereocenters. The summed E-state index contributed by atoms with van der Waals surface area (Å²) in [6.07, 6.45) is 4.69. The van der Waals surface area contributed by atoms with Crippen molar-refractivity contribution < 1.29 is 4.74 Å². The lowest BCUT2D eigenvalue weighted by molar-refractivity contribution is 0.183. The smallest absolute Gasteiger partial charge is 0.115 e. The van der Waals surface area contributed by atoms with Gasteiger partial charge in [0, 0.05) is 12.8 Å². The molecule has 0 aliphatic heterocycles. The Kier molecular flexibility index (Phi) is 5.88. The van der Waals surface area contributed by atoms with Crippen molar-refractivity contribution in [3.63, 3.8) is 0 Å².